The average Bonchev–Trinajstić information content (AvgIpc) is 3.68. The lowest BCUT2D eigenvalue weighted by molar-refractivity contribution is 0.307. The zero-order chi connectivity index (χ0) is 25.7. The molecule has 0 bridgehead atoms. The molecule has 9 heteroatoms. The number of anilines is 3. The highest BCUT2D eigenvalue weighted by molar-refractivity contribution is 6.30. The van der Waals surface area contributed by atoms with Gasteiger partial charge in [0.15, 0.2) is 0 Å². The highest BCUT2D eigenvalue weighted by Gasteiger charge is 2.21. The van der Waals surface area contributed by atoms with Crippen molar-refractivity contribution in [3.05, 3.63) is 76.8 Å². The van der Waals surface area contributed by atoms with Gasteiger partial charge in [0.25, 0.3) is 0 Å². The molecule has 8 nitrogen and oxygen atoms in total. The summed E-state index contributed by atoms with van der Waals surface area (Å²) in [5, 5.41) is 7.43. The van der Waals surface area contributed by atoms with Gasteiger partial charge >= 0.3 is 0 Å². The summed E-state index contributed by atoms with van der Waals surface area (Å²) in [5.74, 6) is 2.54. The predicted octanol–water partition coefficient (Wildman–Crippen LogP) is 5.90. The Hall–Kier alpha value is -3.91. The molecule has 0 spiro atoms. The number of nitrogens with one attached hydrogen (secondary N) is 1. The van der Waals surface area contributed by atoms with Gasteiger partial charge in [-0.25, -0.2) is 5.43 Å². The smallest absolute Gasteiger partial charge is 0.250 e. The van der Waals surface area contributed by atoms with Gasteiger partial charge < -0.3 is 14.5 Å². The topological polar surface area (TPSA) is 78.8 Å². The van der Waals surface area contributed by atoms with Crippen LogP contribution in [-0.2, 0) is 6.61 Å². The molecule has 1 N–H and O–H groups in total. The van der Waals surface area contributed by atoms with E-state index in [1.807, 2.05) is 30.3 Å². The molecule has 0 unspecified atom stereocenters. The van der Waals surface area contributed by atoms with E-state index in [-0.39, 0.29) is 0 Å². The van der Waals surface area contributed by atoms with E-state index < -0.39 is 0 Å². The van der Waals surface area contributed by atoms with Crippen molar-refractivity contribution in [1.29, 1.82) is 0 Å². The normalized spacial score (nSPS) is 15.6. The molecule has 2 aliphatic rings. The molecule has 38 heavy (non-hydrogen) atoms. The Balaban J connectivity index is 1.21. The molecule has 3 aromatic carbocycles. The van der Waals surface area contributed by atoms with E-state index in [0.717, 1.165) is 63.0 Å². The van der Waals surface area contributed by atoms with E-state index in [4.69, 9.17) is 21.3 Å². The summed E-state index contributed by atoms with van der Waals surface area (Å²) in [6.07, 6.45) is 6.31. The van der Waals surface area contributed by atoms with Crippen LogP contribution < -0.4 is 20.0 Å². The third kappa shape index (κ3) is 5.50. The van der Waals surface area contributed by atoms with E-state index >= 15 is 0 Å². The van der Waals surface area contributed by atoms with Crippen LogP contribution in [0.15, 0.2) is 65.8 Å². The van der Waals surface area contributed by atoms with Crippen LogP contribution in [0, 0.1) is 0 Å². The van der Waals surface area contributed by atoms with Crippen molar-refractivity contribution in [3.8, 4) is 5.75 Å². The van der Waals surface area contributed by atoms with Gasteiger partial charge in [-0.15, -0.1) is 0 Å². The number of hydrazone groups is 1. The van der Waals surface area contributed by atoms with Crippen LogP contribution in [0.25, 0.3) is 10.8 Å². The van der Waals surface area contributed by atoms with Crippen molar-refractivity contribution in [2.45, 2.75) is 32.3 Å². The third-order valence-electron chi connectivity index (χ3n) is 6.99. The van der Waals surface area contributed by atoms with Crippen molar-refractivity contribution in [2.75, 3.05) is 41.4 Å². The van der Waals surface area contributed by atoms with Gasteiger partial charge in [-0.05, 0) is 60.2 Å². The summed E-state index contributed by atoms with van der Waals surface area (Å²) in [6.45, 7) is 4.29. The van der Waals surface area contributed by atoms with Crippen LogP contribution in [-0.4, -0.2) is 47.3 Å². The Morgan fingerprint density at radius 1 is 0.842 bits per heavy atom. The molecule has 3 heterocycles. The van der Waals surface area contributed by atoms with E-state index in [2.05, 4.69) is 60.6 Å². The van der Waals surface area contributed by atoms with Gasteiger partial charge in [-0.3, -0.25) is 0 Å². The first-order chi connectivity index (χ1) is 18.7. The molecule has 194 valence electrons. The Kier molecular flexibility index (Phi) is 7.22. The SMILES string of the molecule is Clc1ccc(OCc2cccc3ccccc23)c(/C=N\Nc2nc(N3CCCC3)nc(N3CCCC3)n2)c1. The summed E-state index contributed by atoms with van der Waals surface area (Å²) in [6, 6.07) is 20.1. The van der Waals surface area contributed by atoms with Crippen molar-refractivity contribution >= 4 is 46.4 Å². The van der Waals surface area contributed by atoms with Gasteiger partial charge in [0.2, 0.25) is 17.8 Å². The molecule has 0 amide bonds. The lowest BCUT2D eigenvalue weighted by Gasteiger charge is -2.20. The zero-order valence-corrected chi connectivity index (χ0v) is 21.9. The zero-order valence-electron chi connectivity index (χ0n) is 21.2. The standard InChI is InChI=1S/C29H30ClN7O/c30-24-12-13-26(38-20-22-10-7-9-21-8-1-2-11-25(21)22)23(18-24)19-31-35-27-32-28(36-14-3-4-15-36)34-29(33-27)37-16-5-6-17-37/h1-2,7-13,18-19H,3-6,14-17,20H2,(H,32,33,34,35)/b31-19-. The predicted molar refractivity (Wildman–Crippen MR) is 154 cm³/mol. The van der Waals surface area contributed by atoms with Gasteiger partial charge in [0, 0.05) is 36.8 Å². The lowest BCUT2D eigenvalue weighted by atomic mass is 10.1. The first-order valence-corrected chi connectivity index (χ1v) is 13.5. The second-order valence-corrected chi connectivity index (χ2v) is 10.1. The van der Waals surface area contributed by atoms with Gasteiger partial charge in [0.1, 0.15) is 12.4 Å². The monoisotopic (exact) mass is 527 g/mol. The molecule has 0 saturated carbocycles. The minimum Gasteiger partial charge on any atom is -0.488 e. The highest BCUT2D eigenvalue weighted by Crippen LogP contribution is 2.26. The quantitative estimate of drug-likeness (QED) is 0.225. The Morgan fingerprint density at radius 2 is 1.53 bits per heavy atom. The second kappa shape index (κ2) is 11.2. The fraction of sp³-hybridized carbons (Fsp3) is 0.310. The number of ether oxygens (including phenoxy) is 1. The molecule has 2 saturated heterocycles. The summed E-state index contributed by atoms with van der Waals surface area (Å²) in [5.41, 5.74) is 4.90. The first kappa shape index (κ1) is 24.4. The molecule has 0 atom stereocenters. The highest BCUT2D eigenvalue weighted by atomic mass is 35.5. The maximum absolute atomic E-state index is 6.31. The summed E-state index contributed by atoms with van der Waals surface area (Å²) in [7, 11) is 0. The number of hydrogen-bond acceptors (Lipinski definition) is 8. The maximum atomic E-state index is 6.31. The Labute approximate surface area is 227 Å². The minimum absolute atomic E-state index is 0.431. The molecule has 2 fully saturated rings. The maximum Gasteiger partial charge on any atom is 0.250 e. The summed E-state index contributed by atoms with van der Waals surface area (Å²) < 4.78 is 6.23. The molecule has 4 aromatic rings. The van der Waals surface area contributed by atoms with Crippen LogP contribution in [0.3, 0.4) is 0 Å². The van der Waals surface area contributed by atoms with E-state index in [9.17, 15) is 0 Å². The number of benzene rings is 3. The van der Waals surface area contributed by atoms with Gasteiger partial charge in [0.05, 0.1) is 6.21 Å². The molecule has 6 rings (SSSR count). The number of rotatable bonds is 8. The lowest BCUT2D eigenvalue weighted by Crippen LogP contribution is -2.25. The molecule has 1 aromatic heterocycles. The van der Waals surface area contributed by atoms with Crippen LogP contribution in [0.2, 0.25) is 5.02 Å². The van der Waals surface area contributed by atoms with E-state index in [1.54, 1.807) is 6.21 Å². The summed E-state index contributed by atoms with van der Waals surface area (Å²) >= 11 is 6.31. The van der Waals surface area contributed by atoms with Crippen LogP contribution >= 0.6 is 11.6 Å². The first-order valence-electron chi connectivity index (χ1n) is 13.2. The fourth-order valence-electron chi connectivity index (χ4n) is 5.01. The van der Waals surface area contributed by atoms with Crippen molar-refractivity contribution in [1.82, 2.24) is 15.0 Å². The van der Waals surface area contributed by atoms with Crippen molar-refractivity contribution in [2.24, 2.45) is 5.10 Å². The van der Waals surface area contributed by atoms with Crippen LogP contribution in [0.4, 0.5) is 17.8 Å². The number of nitrogens with zero attached hydrogens (tertiary/aromatic N) is 6. The summed E-state index contributed by atoms with van der Waals surface area (Å²) in [4.78, 5) is 18.5. The van der Waals surface area contributed by atoms with E-state index in [0.29, 0.717) is 35.2 Å². The van der Waals surface area contributed by atoms with E-state index in [1.165, 1.54) is 10.8 Å². The molecule has 2 aliphatic heterocycles. The minimum atomic E-state index is 0.431. The molecular formula is C29H30ClN7O. The van der Waals surface area contributed by atoms with Crippen molar-refractivity contribution < 1.29 is 4.74 Å². The fourth-order valence-corrected chi connectivity index (χ4v) is 5.19. The molecule has 0 radical (unpaired) electrons. The average molecular weight is 528 g/mol. The Morgan fingerprint density at radius 3 is 2.26 bits per heavy atom. The van der Waals surface area contributed by atoms with Gasteiger partial charge in [-0.2, -0.15) is 20.1 Å². The second-order valence-electron chi connectivity index (χ2n) is 9.63. The number of aromatic nitrogens is 3. The van der Waals surface area contributed by atoms with Crippen LogP contribution in [0.5, 0.6) is 5.75 Å². The Bertz CT molecular complexity index is 1410. The largest absolute Gasteiger partial charge is 0.488 e. The third-order valence-corrected chi connectivity index (χ3v) is 7.23. The molecule has 0 aliphatic carbocycles. The number of fused-ring (bicyclic) bond motifs is 1. The van der Waals surface area contributed by atoms with Crippen LogP contribution in [0.1, 0.15) is 36.8 Å². The van der Waals surface area contributed by atoms with Gasteiger partial charge in [-0.1, -0.05) is 54.1 Å². The van der Waals surface area contributed by atoms with Crippen molar-refractivity contribution in [3.63, 3.8) is 0 Å². The number of hydrogen-bond donors (Lipinski definition) is 1. The molecular weight excluding hydrogens is 498 g/mol. The number of halogens is 1.